The second-order valence-electron chi connectivity index (χ2n) is 6.18. The summed E-state index contributed by atoms with van der Waals surface area (Å²) in [6.07, 6.45) is 0. The normalized spacial score (nSPS) is 15.0. The summed E-state index contributed by atoms with van der Waals surface area (Å²) in [5.74, 6) is 0.330. The van der Waals surface area contributed by atoms with Crippen LogP contribution in [0.15, 0.2) is 45.8 Å². The number of nitrogens with zero attached hydrogens (tertiary/aromatic N) is 1. The molecule has 1 N–H and O–H groups in total. The maximum atomic E-state index is 13.1. The van der Waals surface area contributed by atoms with Gasteiger partial charge in [0.2, 0.25) is 10.0 Å². The van der Waals surface area contributed by atoms with Gasteiger partial charge in [-0.15, -0.1) is 0 Å². The first-order valence-electron chi connectivity index (χ1n) is 8.77. The van der Waals surface area contributed by atoms with Crippen LogP contribution < -0.4 is 14.8 Å². The third-order valence-electron chi connectivity index (χ3n) is 4.43. The Morgan fingerprint density at radius 3 is 2.48 bits per heavy atom. The van der Waals surface area contributed by atoms with E-state index in [9.17, 15) is 13.2 Å². The summed E-state index contributed by atoms with van der Waals surface area (Å²) in [6.45, 7) is 1.20. The fourth-order valence-electron chi connectivity index (χ4n) is 2.89. The molecule has 8 nitrogen and oxygen atoms in total. The molecule has 0 unspecified atom stereocenters. The van der Waals surface area contributed by atoms with E-state index >= 15 is 0 Å². The van der Waals surface area contributed by atoms with Crippen LogP contribution in [0.1, 0.15) is 10.4 Å². The van der Waals surface area contributed by atoms with Crippen LogP contribution in [0.5, 0.6) is 11.5 Å². The summed E-state index contributed by atoms with van der Waals surface area (Å²) in [5.41, 5.74) is 0.690. The molecule has 1 heterocycles. The van der Waals surface area contributed by atoms with E-state index in [-0.39, 0.29) is 23.7 Å². The van der Waals surface area contributed by atoms with Crippen molar-refractivity contribution in [2.45, 2.75) is 4.90 Å². The molecule has 1 aliphatic rings. The Morgan fingerprint density at radius 1 is 1.10 bits per heavy atom. The number of carbonyl (C=O) groups is 1. The molecule has 1 amide bonds. The quantitative estimate of drug-likeness (QED) is 0.677. The standard InChI is InChI=1S/C19H21BrN2O6S/c1-26-14-4-5-16(20)15(12-14)19(23)21-13-3-6-17(27-2)18(11-13)29(24,25)22-7-9-28-10-8-22/h3-6,11-12H,7-10H2,1-2H3,(H,21,23). The Balaban J connectivity index is 1.92. The molecular weight excluding hydrogens is 464 g/mol. The van der Waals surface area contributed by atoms with Crippen molar-refractivity contribution in [2.75, 3.05) is 45.8 Å². The minimum absolute atomic E-state index is 0.00981. The average Bonchev–Trinajstić information content (AvgIpc) is 2.74. The zero-order valence-corrected chi connectivity index (χ0v) is 18.4. The lowest BCUT2D eigenvalue weighted by atomic mass is 10.2. The number of halogens is 1. The number of anilines is 1. The van der Waals surface area contributed by atoms with Crippen LogP contribution in [0.2, 0.25) is 0 Å². The third-order valence-corrected chi connectivity index (χ3v) is 7.04. The highest BCUT2D eigenvalue weighted by Gasteiger charge is 2.29. The van der Waals surface area contributed by atoms with Crippen LogP contribution >= 0.6 is 15.9 Å². The number of amides is 1. The van der Waals surface area contributed by atoms with Crippen molar-refractivity contribution >= 4 is 37.5 Å². The van der Waals surface area contributed by atoms with Crippen molar-refractivity contribution in [3.8, 4) is 11.5 Å². The number of hydrogen-bond donors (Lipinski definition) is 1. The van der Waals surface area contributed by atoms with Crippen LogP contribution in [0.4, 0.5) is 5.69 Å². The molecule has 0 radical (unpaired) electrons. The zero-order valence-electron chi connectivity index (χ0n) is 16.0. The second kappa shape index (κ2) is 9.12. The van der Waals surface area contributed by atoms with Crippen LogP contribution in [0.25, 0.3) is 0 Å². The SMILES string of the molecule is COc1ccc(Br)c(C(=O)Nc2ccc(OC)c(S(=O)(=O)N3CCOCC3)c2)c1. The second-order valence-corrected chi connectivity index (χ2v) is 8.94. The summed E-state index contributed by atoms with van der Waals surface area (Å²) in [4.78, 5) is 12.7. The Kier molecular flexibility index (Phi) is 6.78. The van der Waals surface area contributed by atoms with Crippen molar-refractivity contribution in [1.29, 1.82) is 0 Å². The van der Waals surface area contributed by atoms with Crippen molar-refractivity contribution < 1.29 is 27.4 Å². The van der Waals surface area contributed by atoms with Gasteiger partial charge in [-0.1, -0.05) is 0 Å². The average molecular weight is 485 g/mol. The van der Waals surface area contributed by atoms with Crippen molar-refractivity contribution in [3.05, 3.63) is 46.4 Å². The van der Waals surface area contributed by atoms with Gasteiger partial charge in [-0.3, -0.25) is 4.79 Å². The number of benzene rings is 2. The predicted octanol–water partition coefficient (Wildman–Crippen LogP) is 2.74. The van der Waals surface area contributed by atoms with Crippen molar-refractivity contribution in [3.63, 3.8) is 0 Å². The zero-order chi connectivity index (χ0) is 21.0. The Morgan fingerprint density at radius 2 is 1.83 bits per heavy atom. The monoisotopic (exact) mass is 484 g/mol. The van der Waals surface area contributed by atoms with Crippen LogP contribution in [0.3, 0.4) is 0 Å². The summed E-state index contributed by atoms with van der Waals surface area (Å²) < 4.78 is 43.7. The van der Waals surface area contributed by atoms with E-state index in [0.29, 0.717) is 34.7 Å². The molecule has 0 atom stereocenters. The molecule has 0 saturated carbocycles. The van der Waals surface area contributed by atoms with E-state index in [0.717, 1.165) is 0 Å². The number of sulfonamides is 1. The van der Waals surface area contributed by atoms with Crippen LogP contribution in [-0.2, 0) is 14.8 Å². The minimum atomic E-state index is -3.80. The molecular formula is C19H21BrN2O6S. The molecule has 10 heteroatoms. The number of rotatable bonds is 6. The predicted molar refractivity (Wildman–Crippen MR) is 111 cm³/mol. The topological polar surface area (TPSA) is 94.2 Å². The summed E-state index contributed by atoms with van der Waals surface area (Å²) in [6, 6.07) is 9.52. The molecule has 0 bridgehead atoms. The number of methoxy groups -OCH3 is 2. The molecule has 156 valence electrons. The summed E-state index contributed by atoms with van der Waals surface area (Å²) in [5, 5.41) is 2.73. The molecule has 2 aromatic carbocycles. The summed E-state index contributed by atoms with van der Waals surface area (Å²) in [7, 11) is -0.886. The molecule has 1 fully saturated rings. The van der Waals surface area contributed by atoms with E-state index < -0.39 is 15.9 Å². The largest absolute Gasteiger partial charge is 0.497 e. The Labute approximate surface area is 177 Å². The van der Waals surface area contributed by atoms with Gasteiger partial charge in [-0.25, -0.2) is 8.42 Å². The number of ether oxygens (including phenoxy) is 3. The number of morpholine rings is 1. The van der Waals surface area contributed by atoms with Gasteiger partial charge in [0.15, 0.2) is 0 Å². The number of nitrogens with one attached hydrogen (secondary N) is 1. The fourth-order valence-corrected chi connectivity index (χ4v) is 4.90. The molecule has 0 aromatic heterocycles. The molecule has 1 saturated heterocycles. The maximum absolute atomic E-state index is 13.1. The molecule has 3 rings (SSSR count). The lowest BCUT2D eigenvalue weighted by Crippen LogP contribution is -2.40. The van der Waals surface area contributed by atoms with Crippen LogP contribution in [-0.4, -0.2) is 59.2 Å². The Bertz CT molecular complexity index is 1010. The van der Waals surface area contributed by atoms with Gasteiger partial charge in [0.05, 0.1) is 33.0 Å². The molecule has 29 heavy (non-hydrogen) atoms. The van der Waals surface area contributed by atoms with Crippen LogP contribution in [0, 0.1) is 0 Å². The van der Waals surface area contributed by atoms with Gasteiger partial charge in [0, 0.05) is 23.2 Å². The van der Waals surface area contributed by atoms with Gasteiger partial charge in [0.1, 0.15) is 16.4 Å². The molecule has 0 spiro atoms. The first-order chi connectivity index (χ1) is 13.9. The molecule has 0 aliphatic carbocycles. The van der Waals surface area contributed by atoms with Gasteiger partial charge < -0.3 is 19.5 Å². The highest BCUT2D eigenvalue weighted by atomic mass is 79.9. The highest BCUT2D eigenvalue weighted by molar-refractivity contribution is 9.10. The lowest BCUT2D eigenvalue weighted by Gasteiger charge is -2.26. The third kappa shape index (κ3) is 4.72. The molecule has 2 aromatic rings. The van der Waals surface area contributed by atoms with Gasteiger partial charge in [-0.2, -0.15) is 4.31 Å². The van der Waals surface area contributed by atoms with Gasteiger partial charge in [-0.05, 0) is 52.3 Å². The van der Waals surface area contributed by atoms with E-state index in [2.05, 4.69) is 21.2 Å². The Hall–Kier alpha value is -2.14. The van der Waals surface area contributed by atoms with E-state index in [1.54, 1.807) is 24.3 Å². The smallest absolute Gasteiger partial charge is 0.256 e. The first-order valence-corrected chi connectivity index (χ1v) is 11.0. The summed E-state index contributed by atoms with van der Waals surface area (Å²) >= 11 is 3.34. The molecule has 1 aliphatic heterocycles. The van der Waals surface area contributed by atoms with Crippen molar-refractivity contribution in [2.24, 2.45) is 0 Å². The number of carbonyl (C=O) groups excluding carboxylic acids is 1. The first kappa shape index (κ1) is 21.6. The highest BCUT2D eigenvalue weighted by Crippen LogP contribution is 2.31. The van der Waals surface area contributed by atoms with E-state index in [1.165, 1.54) is 30.7 Å². The minimum Gasteiger partial charge on any atom is -0.497 e. The maximum Gasteiger partial charge on any atom is 0.256 e. The lowest BCUT2D eigenvalue weighted by molar-refractivity contribution is 0.0729. The van der Waals surface area contributed by atoms with E-state index in [1.807, 2.05) is 0 Å². The van der Waals surface area contributed by atoms with Gasteiger partial charge in [0.25, 0.3) is 5.91 Å². The van der Waals surface area contributed by atoms with Gasteiger partial charge >= 0.3 is 0 Å². The van der Waals surface area contributed by atoms with Crippen molar-refractivity contribution in [1.82, 2.24) is 4.31 Å². The van der Waals surface area contributed by atoms with E-state index in [4.69, 9.17) is 14.2 Å². The number of hydrogen-bond acceptors (Lipinski definition) is 6. The fraction of sp³-hybridized carbons (Fsp3) is 0.316.